The predicted molar refractivity (Wildman–Crippen MR) is 76.3 cm³/mol. The Morgan fingerprint density at radius 1 is 1.33 bits per heavy atom. The molecule has 0 atom stereocenters. The van der Waals surface area contributed by atoms with Crippen LogP contribution in [0.5, 0.6) is 0 Å². The highest BCUT2D eigenvalue weighted by atomic mass is 16.6. The SMILES string of the molecule is CC(C)(C)OC(=O)CCc1ccc2ncc(C(=O)O)n2c1. The monoisotopic (exact) mass is 290 g/mol. The van der Waals surface area contributed by atoms with Gasteiger partial charge < -0.3 is 9.84 Å². The molecule has 0 radical (unpaired) electrons. The second kappa shape index (κ2) is 5.55. The summed E-state index contributed by atoms with van der Waals surface area (Å²) in [7, 11) is 0. The van der Waals surface area contributed by atoms with Crippen molar-refractivity contribution in [2.24, 2.45) is 0 Å². The third kappa shape index (κ3) is 3.81. The fraction of sp³-hybridized carbons (Fsp3) is 0.400. The standard InChI is InChI=1S/C15H18N2O4/c1-15(2,3)21-13(18)7-5-10-4-6-12-16-8-11(14(19)20)17(12)9-10/h4,6,8-9H,5,7H2,1-3H3,(H,19,20). The number of nitrogens with zero attached hydrogens (tertiary/aromatic N) is 2. The van der Waals surface area contributed by atoms with E-state index in [-0.39, 0.29) is 18.1 Å². The molecule has 0 aliphatic carbocycles. The van der Waals surface area contributed by atoms with Crippen LogP contribution >= 0.6 is 0 Å². The maximum Gasteiger partial charge on any atom is 0.354 e. The zero-order valence-corrected chi connectivity index (χ0v) is 12.3. The lowest BCUT2D eigenvalue weighted by Gasteiger charge is -2.19. The van der Waals surface area contributed by atoms with Crippen LogP contribution in [0.25, 0.3) is 5.65 Å². The number of ether oxygens (including phenoxy) is 1. The summed E-state index contributed by atoms with van der Waals surface area (Å²) >= 11 is 0. The summed E-state index contributed by atoms with van der Waals surface area (Å²) < 4.78 is 6.75. The van der Waals surface area contributed by atoms with Gasteiger partial charge in [0.05, 0.1) is 6.20 Å². The van der Waals surface area contributed by atoms with E-state index in [0.717, 1.165) is 5.56 Å². The lowest BCUT2D eigenvalue weighted by molar-refractivity contribution is -0.154. The van der Waals surface area contributed by atoms with Gasteiger partial charge in [-0.2, -0.15) is 0 Å². The van der Waals surface area contributed by atoms with E-state index in [4.69, 9.17) is 9.84 Å². The number of hydrogen-bond donors (Lipinski definition) is 1. The van der Waals surface area contributed by atoms with Gasteiger partial charge in [0.2, 0.25) is 0 Å². The number of aromatic nitrogens is 2. The molecule has 2 aromatic heterocycles. The van der Waals surface area contributed by atoms with Crippen molar-refractivity contribution >= 4 is 17.6 Å². The molecule has 0 aliphatic heterocycles. The number of imidazole rings is 1. The first-order valence-electron chi connectivity index (χ1n) is 6.67. The molecule has 0 bridgehead atoms. The van der Waals surface area contributed by atoms with Crippen LogP contribution in [-0.4, -0.2) is 32.0 Å². The average molecular weight is 290 g/mol. The zero-order valence-electron chi connectivity index (χ0n) is 12.3. The Balaban J connectivity index is 2.11. The summed E-state index contributed by atoms with van der Waals surface area (Å²) in [5.41, 5.74) is 1.02. The van der Waals surface area contributed by atoms with E-state index in [1.54, 1.807) is 12.3 Å². The molecular weight excluding hydrogens is 272 g/mol. The number of rotatable bonds is 4. The second-order valence-electron chi connectivity index (χ2n) is 5.80. The number of carbonyl (C=O) groups is 2. The van der Waals surface area contributed by atoms with E-state index in [1.807, 2.05) is 26.8 Å². The molecule has 2 aromatic rings. The first kappa shape index (κ1) is 15.0. The predicted octanol–water partition coefficient (Wildman–Crippen LogP) is 2.31. The minimum atomic E-state index is -1.04. The van der Waals surface area contributed by atoms with E-state index >= 15 is 0 Å². The van der Waals surface area contributed by atoms with Crippen molar-refractivity contribution in [1.82, 2.24) is 9.38 Å². The molecule has 0 fully saturated rings. The van der Waals surface area contributed by atoms with E-state index < -0.39 is 11.6 Å². The number of pyridine rings is 1. The number of fused-ring (bicyclic) bond motifs is 1. The third-order valence-electron chi connectivity index (χ3n) is 2.82. The van der Waals surface area contributed by atoms with Gasteiger partial charge >= 0.3 is 11.9 Å². The van der Waals surface area contributed by atoms with Gasteiger partial charge in [0, 0.05) is 12.6 Å². The maximum absolute atomic E-state index is 11.7. The van der Waals surface area contributed by atoms with Crippen LogP contribution in [0.3, 0.4) is 0 Å². The molecule has 21 heavy (non-hydrogen) atoms. The molecule has 0 aliphatic rings. The van der Waals surface area contributed by atoms with Gasteiger partial charge in [-0.1, -0.05) is 6.07 Å². The smallest absolute Gasteiger partial charge is 0.354 e. The van der Waals surface area contributed by atoms with E-state index in [1.165, 1.54) is 10.6 Å². The van der Waals surface area contributed by atoms with E-state index in [2.05, 4.69) is 4.98 Å². The number of esters is 1. The van der Waals surface area contributed by atoms with Crippen LogP contribution in [0.15, 0.2) is 24.5 Å². The topological polar surface area (TPSA) is 80.9 Å². The minimum Gasteiger partial charge on any atom is -0.477 e. The fourth-order valence-electron chi connectivity index (χ4n) is 1.97. The Kier molecular flexibility index (Phi) is 3.97. The van der Waals surface area contributed by atoms with Gasteiger partial charge in [0.1, 0.15) is 11.2 Å². The van der Waals surface area contributed by atoms with Gasteiger partial charge in [-0.3, -0.25) is 9.20 Å². The number of carboxylic acid groups (broad SMARTS) is 1. The lowest BCUT2D eigenvalue weighted by atomic mass is 10.1. The van der Waals surface area contributed by atoms with Crippen molar-refractivity contribution < 1.29 is 19.4 Å². The first-order valence-corrected chi connectivity index (χ1v) is 6.67. The average Bonchev–Trinajstić information content (AvgIpc) is 2.77. The first-order chi connectivity index (χ1) is 9.76. The number of carbonyl (C=O) groups excluding carboxylic acids is 1. The van der Waals surface area contributed by atoms with Gasteiger partial charge in [0.25, 0.3) is 0 Å². The molecular formula is C15H18N2O4. The van der Waals surface area contributed by atoms with Gasteiger partial charge in [-0.15, -0.1) is 0 Å². The Morgan fingerprint density at radius 2 is 2.05 bits per heavy atom. The van der Waals surface area contributed by atoms with Crippen molar-refractivity contribution in [1.29, 1.82) is 0 Å². The van der Waals surface area contributed by atoms with Crippen molar-refractivity contribution in [3.05, 3.63) is 35.8 Å². The number of aromatic carboxylic acids is 1. The molecule has 0 saturated carbocycles. The number of aryl methyl sites for hydroxylation is 1. The van der Waals surface area contributed by atoms with Crippen LogP contribution in [0, 0.1) is 0 Å². The summed E-state index contributed by atoms with van der Waals surface area (Å²) in [6.07, 6.45) is 3.74. The maximum atomic E-state index is 11.7. The molecule has 6 nitrogen and oxygen atoms in total. The quantitative estimate of drug-likeness (QED) is 0.874. The molecule has 0 spiro atoms. The summed E-state index contributed by atoms with van der Waals surface area (Å²) in [6, 6.07) is 3.56. The Hall–Kier alpha value is -2.37. The lowest BCUT2D eigenvalue weighted by Crippen LogP contribution is -2.24. The molecule has 1 N–H and O–H groups in total. The molecule has 0 saturated heterocycles. The van der Waals surface area contributed by atoms with Crippen molar-refractivity contribution in [3.63, 3.8) is 0 Å². The van der Waals surface area contributed by atoms with Gasteiger partial charge in [0.15, 0.2) is 5.69 Å². The second-order valence-corrected chi connectivity index (χ2v) is 5.80. The van der Waals surface area contributed by atoms with Crippen molar-refractivity contribution in [2.75, 3.05) is 0 Å². The van der Waals surface area contributed by atoms with Gasteiger partial charge in [-0.05, 0) is 38.8 Å². The number of carboxylic acids is 1. The summed E-state index contributed by atoms with van der Waals surface area (Å²) in [6.45, 7) is 5.46. The molecule has 0 amide bonds. The Morgan fingerprint density at radius 3 is 2.67 bits per heavy atom. The number of hydrogen-bond acceptors (Lipinski definition) is 4. The summed E-state index contributed by atoms with van der Waals surface area (Å²) in [5, 5.41) is 9.07. The highest BCUT2D eigenvalue weighted by Crippen LogP contribution is 2.13. The molecule has 0 aromatic carbocycles. The van der Waals surface area contributed by atoms with E-state index in [0.29, 0.717) is 12.1 Å². The molecule has 6 heteroatoms. The molecule has 0 unspecified atom stereocenters. The molecule has 2 rings (SSSR count). The summed E-state index contributed by atoms with van der Waals surface area (Å²) in [4.78, 5) is 26.8. The van der Waals surface area contributed by atoms with Crippen LogP contribution in [0.4, 0.5) is 0 Å². The van der Waals surface area contributed by atoms with Crippen molar-refractivity contribution in [3.8, 4) is 0 Å². The fourth-order valence-corrected chi connectivity index (χ4v) is 1.97. The highest BCUT2D eigenvalue weighted by Gasteiger charge is 2.16. The van der Waals surface area contributed by atoms with Gasteiger partial charge in [-0.25, -0.2) is 9.78 Å². The van der Waals surface area contributed by atoms with Crippen molar-refractivity contribution in [2.45, 2.75) is 39.2 Å². The van der Waals surface area contributed by atoms with Crippen LogP contribution in [-0.2, 0) is 16.0 Å². The van der Waals surface area contributed by atoms with Crippen LogP contribution in [0.1, 0.15) is 43.2 Å². The van der Waals surface area contributed by atoms with Crippen LogP contribution < -0.4 is 0 Å². The highest BCUT2D eigenvalue weighted by molar-refractivity contribution is 5.86. The largest absolute Gasteiger partial charge is 0.477 e. The van der Waals surface area contributed by atoms with E-state index in [9.17, 15) is 9.59 Å². The normalized spacial score (nSPS) is 11.6. The molecule has 2 heterocycles. The minimum absolute atomic E-state index is 0.101. The Bertz CT molecular complexity index is 683. The third-order valence-corrected chi connectivity index (χ3v) is 2.82. The molecule has 112 valence electrons. The summed E-state index contributed by atoms with van der Waals surface area (Å²) in [5.74, 6) is -1.31. The van der Waals surface area contributed by atoms with Crippen LogP contribution in [0.2, 0.25) is 0 Å². The Labute approximate surface area is 122 Å². The zero-order chi connectivity index (χ0) is 15.6.